The van der Waals surface area contributed by atoms with Crippen LogP contribution in [0.25, 0.3) is 11.3 Å². The van der Waals surface area contributed by atoms with Gasteiger partial charge in [0.2, 0.25) is 5.91 Å². The van der Waals surface area contributed by atoms with Crippen molar-refractivity contribution in [2.45, 2.75) is 30.0 Å². The van der Waals surface area contributed by atoms with Crippen LogP contribution in [0, 0.1) is 18.6 Å². The summed E-state index contributed by atoms with van der Waals surface area (Å²) in [4.78, 5) is 17.9. The van der Waals surface area contributed by atoms with Crippen molar-refractivity contribution in [3.05, 3.63) is 52.2 Å². The van der Waals surface area contributed by atoms with Gasteiger partial charge in [0.15, 0.2) is 16.8 Å². The fourth-order valence-electron chi connectivity index (χ4n) is 3.26. The van der Waals surface area contributed by atoms with E-state index in [1.165, 1.54) is 21.7 Å². The molecule has 1 fully saturated rings. The van der Waals surface area contributed by atoms with Crippen molar-refractivity contribution >= 4 is 43.7 Å². The van der Waals surface area contributed by atoms with Crippen LogP contribution in [0.5, 0.6) is 0 Å². The van der Waals surface area contributed by atoms with Crippen LogP contribution in [0.4, 0.5) is 13.9 Å². The Morgan fingerprint density at radius 2 is 2.03 bits per heavy atom. The standard InChI is InChI=1S/C19H17F2N3O3S3/c1-11-4-7-17(29-11)30(26,27)24-8-2-3-16(24)18(25)23-19-22-15(10-28-19)12-5-6-13(20)14(21)9-12/h4-7,9-10,16H,2-3,8H2,1H3,(H,22,23,25). The molecular weight excluding hydrogens is 452 g/mol. The third kappa shape index (κ3) is 4.02. The topological polar surface area (TPSA) is 79.4 Å². The zero-order valence-electron chi connectivity index (χ0n) is 15.8. The van der Waals surface area contributed by atoms with Crippen LogP contribution in [0.15, 0.2) is 39.9 Å². The van der Waals surface area contributed by atoms with E-state index in [-0.39, 0.29) is 15.9 Å². The molecule has 30 heavy (non-hydrogen) atoms. The van der Waals surface area contributed by atoms with Gasteiger partial charge in [-0.2, -0.15) is 4.31 Å². The van der Waals surface area contributed by atoms with Gasteiger partial charge in [0.1, 0.15) is 10.3 Å². The number of sulfonamides is 1. The second-order valence-electron chi connectivity index (χ2n) is 6.79. The third-order valence-corrected chi connectivity index (χ3v) is 8.87. The number of anilines is 1. The number of thiazole rings is 1. The fourth-order valence-corrected chi connectivity index (χ4v) is 7.06. The predicted molar refractivity (Wildman–Crippen MR) is 112 cm³/mol. The normalized spacial score (nSPS) is 17.4. The van der Waals surface area contributed by atoms with E-state index in [0.717, 1.165) is 28.3 Å². The summed E-state index contributed by atoms with van der Waals surface area (Å²) >= 11 is 2.30. The maximum absolute atomic E-state index is 13.5. The molecule has 4 rings (SSSR count). The Labute approximate surface area is 180 Å². The molecule has 1 aliphatic rings. The zero-order chi connectivity index (χ0) is 21.5. The lowest BCUT2D eigenvalue weighted by Crippen LogP contribution is -2.42. The first kappa shape index (κ1) is 21.0. The number of aromatic nitrogens is 1. The second-order valence-corrected chi connectivity index (χ2v) is 11.1. The molecule has 0 aliphatic carbocycles. The Hall–Kier alpha value is -2.21. The van der Waals surface area contributed by atoms with Crippen LogP contribution >= 0.6 is 22.7 Å². The Morgan fingerprint density at radius 3 is 2.73 bits per heavy atom. The van der Waals surface area contributed by atoms with Crippen LogP contribution < -0.4 is 5.32 Å². The van der Waals surface area contributed by atoms with Crippen LogP contribution in [0.1, 0.15) is 17.7 Å². The number of nitrogens with zero attached hydrogens (tertiary/aromatic N) is 2. The number of halogens is 2. The summed E-state index contributed by atoms with van der Waals surface area (Å²) in [6.07, 6.45) is 0.997. The van der Waals surface area contributed by atoms with Gasteiger partial charge in [0.05, 0.1) is 5.69 Å². The molecule has 158 valence electrons. The molecule has 1 aliphatic heterocycles. The molecule has 6 nitrogen and oxygen atoms in total. The van der Waals surface area contributed by atoms with E-state index < -0.39 is 33.6 Å². The minimum Gasteiger partial charge on any atom is -0.301 e. The van der Waals surface area contributed by atoms with Crippen LogP contribution in [-0.4, -0.2) is 36.2 Å². The summed E-state index contributed by atoms with van der Waals surface area (Å²) in [5.41, 5.74) is 0.767. The number of nitrogens with one attached hydrogen (secondary N) is 1. The van der Waals surface area contributed by atoms with Crippen LogP contribution in [0.3, 0.4) is 0 Å². The number of carbonyl (C=O) groups excluding carboxylic acids is 1. The molecule has 3 aromatic rings. The number of aryl methyl sites for hydroxylation is 1. The lowest BCUT2D eigenvalue weighted by atomic mass is 10.2. The van der Waals surface area contributed by atoms with Crippen molar-refractivity contribution < 1.29 is 22.0 Å². The number of thiophene rings is 1. The first-order valence-corrected chi connectivity index (χ1v) is 12.2. The highest BCUT2D eigenvalue weighted by molar-refractivity contribution is 7.91. The van der Waals surface area contributed by atoms with Crippen molar-refractivity contribution in [1.82, 2.24) is 9.29 Å². The Bertz CT molecular complexity index is 1210. The second kappa shape index (κ2) is 8.14. The number of benzene rings is 1. The number of amides is 1. The van der Waals surface area contributed by atoms with Gasteiger partial charge in [-0.25, -0.2) is 22.2 Å². The van der Waals surface area contributed by atoms with Crippen molar-refractivity contribution in [1.29, 1.82) is 0 Å². The van der Waals surface area contributed by atoms with Crippen molar-refractivity contribution in [2.75, 3.05) is 11.9 Å². The van der Waals surface area contributed by atoms with E-state index >= 15 is 0 Å². The summed E-state index contributed by atoms with van der Waals surface area (Å²) in [6, 6.07) is 5.90. The van der Waals surface area contributed by atoms with E-state index in [9.17, 15) is 22.0 Å². The van der Waals surface area contributed by atoms with Gasteiger partial charge in [-0.15, -0.1) is 22.7 Å². The van der Waals surface area contributed by atoms with Crippen molar-refractivity contribution in [2.24, 2.45) is 0 Å². The highest BCUT2D eigenvalue weighted by Gasteiger charge is 2.40. The first-order chi connectivity index (χ1) is 14.3. The van der Waals surface area contributed by atoms with Gasteiger partial charge in [-0.05, 0) is 50.1 Å². The highest BCUT2D eigenvalue weighted by atomic mass is 32.2. The molecule has 1 aromatic carbocycles. The minimum atomic E-state index is -3.75. The Morgan fingerprint density at radius 1 is 1.23 bits per heavy atom. The van der Waals surface area contributed by atoms with Crippen molar-refractivity contribution in [3.63, 3.8) is 0 Å². The van der Waals surface area contributed by atoms with Gasteiger partial charge in [0, 0.05) is 22.4 Å². The molecule has 11 heteroatoms. The SMILES string of the molecule is Cc1ccc(S(=O)(=O)N2CCCC2C(=O)Nc2nc(-c3ccc(F)c(F)c3)cs2)s1. The lowest BCUT2D eigenvalue weighted by Gasteiger charge is -2.22. The molecule has 1 N–H and O–H groups in total. The van der Waals surface area contributed by atoms with E-state index in [1.54, 1.807) is 17.5 Å². The predicted octanol–water partition coefficient (Wildman–Crippen LogP) is 4.25. The van der Waals surface area contributed by atoms with E-state index in [0.29, 0.717) is 24.1 Å². The van der Waals surface area contributed by atoms with Gasteiger partial charge in [0.25, 0.3) is 10.0 Å². The third-order valence-electron chi connectivity index (χ3n) is 4.73. The van der Waals surface area contributed by atoms with E-state index in [2.05, 4.69) is 10.3 Å². The number of carbonyl (C=O) groups is 1. The summed E-state index contributed by atoms with van der Waals surface area (Å²) in [7, 11) is -3.75. The highest BCUT2D eigenvalue weighted by Crippen LogP contribution is 2.31. The fraction of sp³-hybridized carbons (Fsp3) is 0.263. The van der Waals surface area contributed by atoms with Gasteiger partial charge >= 0.3 is 0 Å². The Balaban J connectivity index is 1.51. The number of rotatable bonds is 5. The average Bonchev–Trinajstić information content (AvgIpc) is 3.44. The zero-order valence-corrected chi connectivity index (χ0v) is 18.2. The van der Waals surface area contributed by atoms with Crippen LogP contribution in [0.2, 0.25) is 0 Å². The largest absolute Gasteiger partial charge is 0.301 e. The Kier molecular flexibility index (Phi) is 5.71. The molecule has 1 saturated heterocycles. The summed E-state index contributed by atoms with van der Waals surface area (Å²) in [5.74, 6) is -2.40. The van der Waals surface area contributed by atoms with Crippen molar-refractivity contribution in [3.8, 4) is 11.3 Å². The number of hydrogen-bond donors (Lipinski definition) is 1. The van der Waals surface area contributed by atoms with Gasteiger partial charge < -0.3 is 5.32 Å². The first-order valence-electron chi connectivity index (χ1n) is 9.06. The van der Waals surface area contributed by atoms with E-state index in [4.69, 9.17) is 0 Å². The molecule has 0 bridgehead atoms. The summed E-state index contributed by atoms with van der Waals surface area (Å²) < 4.78 is 53.9. The molecule has 0 spiro atoms. The molecule has 2 aromatic heterocycles. The smallest absolute Gasteiger partial charge is 0.253 e. The number of hydrogen-bond acceptors (Lipinski definition) is 6. The average molecular weight is 470 g/mol. The molecule has 0 saturated carbocycles. The maximum Gasteiger partial charge on any atom is 0.253 e. The molecule has 3 heterocycles. The quantitative estimate of drug-likeness (QED) is 0.606. The minimum absolute atomic E-state index is 0.217. The monoisotopic (exact) mass is 469 g/mol. The summed E-state index contributed by atoms with van der Waals surface area (Å²) in [5, 5.41) is 4.53. The van der Waals surface area contributed by atoms with Gasteiger partial charge in [-0.1, -0.05) is 0 Å². The lowest BCUT2D eigenvalue weighted by molar-refractivity contribution is -0.119. The molecular formula is C19H17F2N3O3S3. The molecule has 0 radical (unpaired) electrons. The molecule has 1 unspecified atom stereocenters. The molecule has 1 amide bonds. The van der Waals surface area contributed by atoms with E-state index in [1.807, 2.05) is 6.92 Å². The molecule has 1 atom stereocenters. The van der Waals surface area contributed by atoms with Crippen LogP contribution in [-0.2, 0) is 14.8 Å². The summed E-state index contributed by atoms with van der Waals surface area (Å²) in [6.45, 7) is 2.10. The van der Waals surface area contributed by atoms with Gasteiger partial charge in [-0.3, -0.25) is 4.79 Å². The maximum atomic E-state index is 13.5.